The van der Waals surface area contributed by atoms with Gasteiger partial charge in [-0.2, -0.15) is 5.26 Å². The Bertz CT molecular complexity index is 477. The second kappa shape index (κ2) is 6.06. The molecule has 1 aliphatic heterocycles. The maximum atomic E-state index is 11.3. The molecule has 0 bridgehead atoms. The third-order valence-electron chi connectivity index (χ3n) is 2.93. The molecule has 4 nitrogen and oxygen atoms in total. The predicted octanol–water partition coefficient (Wildman–Crippen LogP) is 2.64. The van der Waals surface area contributed by atoms with Crippen molar-refractivity contribution >= 4 is 11.6 Å². The smallest absolute Gasteiger partial charge is 0.224 e. The van der Waals surface area contributed by atoms with Crippen LogP contribution >= 0.6 is 0 Å². The number of aryl methyl sites for hydroxylation is 1. The summed E-state index contributed by atoms with van der Waals surface area (Å²) in [6.45, 7) is 0.606. The number of nitriles is 1. The molecule has 1 aromatic rings. The molecule has 0 spiro atoms. The summed E-state index contributed by atoms with van der Waals surface area (Å²) in [6, 6.07) is 7.91. The Kier molecular flexibility index (Phi) is 4.19. The van der Waals surface area contributed by atoms with Crippen LogP contribution in [0.1, 0.15) is 31.2 Å². The van der Waals surface area contributed by atoms with Crippen molar-refractivity contribution in [3.05, 3.63) is 23.8 Å². The predicted molar refractivity (Wildman–Crippen MR) is 68.4 cm³/mol. The van der Waals surface area contributed by atoms with Crippen molar-refractivity contribution in [1.29, 1.82) is 5.26 Å². The Morgan fingerprint density at radius 3 is 3.06 bits per heavy atom. The number of nitrogens with one attached hydrogen (secondary N) is 1. The molecule has 1 heterocycles. The summed E-state index contributed by atoms with van der Waals surface area (Å²) in [7, 11) is 0. The number of fused-ring (bicyclic) bond motifs is 1. The summed E-state index contributed by atoms with van der Waals surface area (Å²) in [5.41, 5.74) is 2.02. The van der Waals surface area contributed by atoms with E-state index < -0.39 is 0 Å². The third kappa shape index (κ3) is 3.24. The van der Waals surface area contributed by atoms with Crippen molar-refractivity contribution in [1.82, 2.24) is 0 Å². The fraction of sp³-hybridized carbons (Fsp3) is 0.429. The number of carbonyl (C=O) groups excluding carboxylic acids is 1. The molecule has 1 amide bonds. The van der Waals surface area contributed by atoms with Crippen LogP contribution in [0.15, 0.2) is 18.2 Å². The first-order valence-corrected chi connectivity index (χ1v) is 6.22. The van der Waals surface area contributed by atoms with Gasteiger partial charge in [-0.25, -0.2) is 0 Å². The average molecular weight is 244 g/mol. The fourth-order valence-electron chi connectivity index (χ4n) is 1.94. The number of hydrogen-bond acceptors (Lipinski definition) is 3. The molecule has 18 heavy (non-hydrogen) atoms. The van der Waals surface area contributed by atoms with Crippen LogP contribution < -0.4 is 10.1 Å². The zero-order valence-electron chi connectivity index (χ0n) is 10.2. The Hall–Kier alpha value is -2.02. The number of unbranched alkanes of at least 4 members (excludes halogenated alkanes) is 2. The highest BCUT2D eigenvalue weighted by molar-refractivity contribution is 5.94. The highest BCUT2D eigenvalue weighted by Crippen LogP contribution is 2.27. The van der Waals surface area contributed by atoms with Crippen LogP contribution in [0, 0.1) is 11.3 Å². The van der Waals surface area contributed by atoms with Gasteiger partial charge < -0.3 is 10.1 Å². The monoisotopic (exact) mass is 244 g/mol. The lowest BCUT2D eigenvalue weighted by Gasteiger charge is -2.17. The van der Waals surface area contributed by atoms with Crippen molar-refractivity contribution in [2.24, 2.45) is 0 Å². The quantitative estimate of drug-likeness (QED) is 0.810. The molecule has 0 atom stereocenters. The Balaban J connectivity index is 1.88. The first-order valence-electron chi connectivity index (χ1n) is 6.22. The molecule has 1 aliphatic rings. The Labute approximate surface area is 107 Å². The van der Waals surface area contributed by atoms with E-state index in [2.05, 4.69) is 11.4 Å². The van der Waals surface area contributed by atoms with Crippen molar-refractivity contribution in [2.45, 2.75) is 32.1 Å². The molecule has 4 heteroatoms. The number of nitrogens with zero attached hydrogens (tertiary/aromatic N) is 1. The van der Waals surface area contributed by atoms with Crippen LogP contribution in [0.2, 0.25) is 0 Å². The van der Waals surface area contributed by atoms with Gasteiger partial charge in [-0.15, -0.1) is 0 Å². The molecule has 0 radical (unpaired) electrons. The molecule has 0 saturated heterocycles. The first kappa shape index (κ1) is 12.4. The summed E-state index contributed by atoms with van der Waals surface area (Å²) in [4.78, 5) is 11.3. The summed E-state index contributed by atoms with van der Waals surface area (Å²) < 4.78 is 5.59. The molecule has 0 saturated carbocycles. The SMILES string of the molecule is N#CCCCCOc1ccc2c(c1)NC(=O)CC2. The average Bonchev–Trinajstić information content (AvgIpc) is 2.38. The molecule has 94 valence electrons. The number of ether oxygens (including phenoxy) is 1. The number of amides is 1. The van der Waals surface area contributed by atoms with Crippen molar-refractivity contribution in [3.8, 4) is 11.8 Å². The minimum Gasteiger partial charge on any atom is -0.494 e. The van der Waals surface area contributed by atoms with E-state index in [9.17, 15) is 4.79 Å². The summed E-state index contributed by atoms with van der Waals surface area (Å²) in [6.07, 6.45) is 3.66. The van der Waals surface area contributed by atoms with Gasteiger partial charge in [0.15, 0.2) is 0 Å². The van der Waals surface area contributed by atoms with Gasteiger partial charge in [-0.1, -0.05) is 6.07 Å². The van der Waals surface area contributed by atoms with E-state index in [1.54, 1.807) is 0 Å². The van der Waals surface area contributed by atoms with Gasteiger partial charge in [0.05, 0.1) is 12.7 Å². The number of carbonyl (C=O) groups is 1. The lowest BCUT2D eigenvalue weighted by atomic mass is 10.0. The molecular formula is C14H16N2O2. The van der Waals surface area contributed by atoms with Crippen molar-refractivity contribution < 1.29 is 9.53 Å². The highest BCUT2D eigenvalue weighted by atomic mass is 16.5. The summed E-state index contributed by atoms with van der Waals surface area (Å²) in [5.74, 6) is 0.835. The molecule has 1 aromatic carbocycles. The van der Waals surface area contributed by atoms with Crippen LogP contribution in [0.3, 0.4) is 0 Å². The van der Waals surface area contributed by atoms with E-state index in [0.29, 0.717) is 19.4 Å². The van der Waals surface area contributed by atoms with E-state index >= 15 is 0 Å². The van der Waals surface area contributed by atoms with Gasteiger partial charge in [0.25, 0.3) is 0 Å². The summed E-state index contributed by atoms with van der Waals surface area (Å²) in [5, 5.41) is 11.3. The van der Waals surface area contributed by atoms with Crippen molar-refractivity contribution in [2.75, 3.05) is 11.9 Å². The Morgan fingerprint density at radius 2 is 2.22 bits per heavy atom. The lowest BCUT2D eigenvalue weighted by molar-refractivity contribution is -0.116. The third-order valence-corrected chi connectivity index (χ3v) is 2.93. The maximum Gasteiger partial charge on any atom is 0.224 e. The molecule has 2 rings (SSSR count). The topological polar surface area (TPSA) is 62.1 Å². The molecule has 0 aromatic heterocycles. The lowest BCUT2D eigenvalue weighted by Crippen LogP contribution is -2.18. The molecule has 0 aliphatic carbocycles. The van der Waals surface area contributed by atoms with Gasteiger partial charge in [-0.3, -0.25) is 4.79 Å². The normalized spacial score (nSPS) is 13.4. The van der Waals surface area contributed by atoms with Crippen LogP contribution in [0.4, 0.5) is 5.69 Å². The second-order valence-electron chi connectivity index (χ2n) is 4.33. The number of benzene rings is 1. The van der Waals surface area contributed by atoms with Gasteiger partial charge in [0.1, 0.15) is 5.75 Å². The highest BCUT2D eigenvalue weighted by Gasteiger charge is 2.14. The molecular weight excluding hydrogens is 228 g/mol. The molecule has 1 N–H and O–H groups in total. The first-order chi connectivity index (χ1) is 8.79. The number of rotatable bonds is 5. The largest absolute Gasteiger partial charge is 0.494 e. The van der Waals surface area contributed by atoms with Gasteiger partial charge in [-0.05, 0) is 30.9 Å². The van der Waals surface area contributed by atoms with Gasteiger partial charge >= 0.3 is 0 Å². The maximum absolute atomic E-state index is 11.3. The number of anilines is 1. The summed E-state index contributed by atoms with van der Waals surface area (Å²) >= 11 is 0. The van der Waals surface area contributed by atoms with E-state index in [4.69, 9.17) is 10.00 Å². The standard InChI is InChI=1S/C14H16N2O2/c15-8-2-1-3-9-18-12-6-4-11-5-7-14(17)16-13(11)10-12/h4,6,10H,1-3,5,7,9H2,(H,16,17). The van der Waals surface area contributed by atoms with Crippen molar-refractivity contribution in [3.63, 3.8) is 0 Å². The Morgan fingerprint density at radius 1 is 1.33 bits per heavy atom. The number of hydrogen-bond donors (Lipinski definition) is 1. The van der Waals surface area contributed by atoms with Crippen LogP contribution in [-0.2, 0) is 11.2 Å². The van der Waals surface area contributed by atoms with E-state index in [1.165, 1.54) is 0 Å². The van der Waals surface area contributed by atoms with Crippen LogP contribution in [-0.4, -0.2) is 12.5 Å². The zero-order valence-corrected chi connectivity index (χ0v) is 10.2. The zero-order chi connectivity index (χ0) is 12.8. The second-order valence-corrected chi connectivity index (χ2v) is 4.33. The minimum absolute atomic E-state index is 0.0636. The van der Waals surface area contributed by atoms with Gasteiger partial charge in [0.2, 0.25) is 5.91 Å². The van der Waals surface area contributed by atoms with Crippen LogP contribution in [0.5, 0.6) is 5.75 Å². The van der Waals surface area contributed by atoms with Crippen LogP contribution in [0.25, 0.3) is 0 Å². The van der Waals surface area contributed by atoms with E-state index in [-0.39, 0.29) is 5.91 Å². The molecule has 0 fully saturated rings. The fourth-order valence-corrected chi connectivity index (χ4v) is 1.94. The molecule has 0 unspecified atom stereocenters. The van der Waals surface area contributed by atoms with Gasteiger partial charge in [0, 0.05) is 24.6 Å². The minimum atomic E-state index is 0.0636. The van der Waals surface area contributed by atoms with E-state index in [1.807, 2.05) is 18.2 Å². The van der Waals surface area contributed by atoms with E-state index in [0.717, 1.165) is 36.3 Å².